The standard InChI is InChI=1S/C8H5F5N2S/c9-3-1-4(10)6(8(11,12)13)5(2-3)15-7(14)16/h1-2H,(H3,14,15,16). The van der Waals surface area contributed by atoms with E-state index in [2.05, 4.69) is 12.2 Å². The summed E-state index contributed by atoms with van der Waals surface area (Å²) >= 11 is 4.30. The van der Waals surface area contributed by atoms with Gasteiger partial charge in [-0.1, -0.05) is 0 Å². The molecule has 2 nitrogen and oxygen atoms in total. The van der Waals surface area contributed by atoms with Gasteiger partial charge in [0.15, 0.2) is 5.11 Å². The average molecular weight is 256 g/mol. The fraction of sp³-hybridized carbons (Fsp3) is 0.125. The maximum Gasteiger partial charge on any atom is 0.421 e. The summed E-state index contributed by atoms with van der Waals surface area (Å²) in [6.07, 6.45) is -4.97. The van der Waals surface area contributed by atoms with E-state index in [0.29, 0.717) is 6.07 Å². The highest BCUT2D eigenvalue weighted by Gasteiger charge is 2.37. The van der Waals surface area contributed by atoms with Crippen molar-refractivity contribution in [3.05, 3.63) is 29.3 Å². The molecular formula is C8H5F5N2S. The Morgan fingerprint density at radius 1 is 1.25 bits per heavy atom. The van der Waals surface area contributed by atoms with Crippen LogP contribution < -0.4 is 11.1 Å². The van der Waals surface area contributed by atoms with Crippen LogP contribution in [-0.4, -0.2) is 5.11 Å². The summed E-state index contributed by atoms with van der Waals surface area (Å²) in [5, 5.41) is 1.35. The Kier molecular flexibility index (Phi) is 3.32. The van der Waals surface area contributed by atoms with Crippen molar-refractivity contribution in [2.24, 2.45) is 5.73 Å². The first-order chi connectivity index (χ1) is 7.21. The summed E-state index contributed by atoms with van der Waals surface area (Å²) in [6, 6.07) is 0.596. The highest BCUT2D eigenvalue weighted by Crippen LogP contribution is 2.37. The Morgan fingerprint density at radius 3 is 2.25 bits per heavy atom. The van der Waals surface area contributed by atoms with Crippen molar-refractivity contribution in [1.82, 2.24) is 0 Å². The Balaban J connectivity index is 3.38. The zero-order valence-corrected chi connectivity index (χ0v) is 8.35. The van der Waals surface area contributed by atoms with E-state index < -0.39 is 34.2 Å². The predicted molar refractivity (Wildman–Crippen MR) is 51.8 cm³/mol. The number of halogens is 5. The largest absolute Gasteiger partial charge is 0.421 e. The van der Waals surface area contributed by atoms with Crippen LogP contribution in [0.1, 0.15) is 5.56 Å². The maximum absolute atomic E-state index is 13.0. The van der Waals surface area contributed by atoms with Gasteiger partial charge in [-0.25, -0.2) is 8.78 Å². The number of nitrogens with two attached hydrogens (primary N) is 1. The normalized spacial score (nSPS) is 11.3. The molecule has 1 aromatic carbocycles. The van der Waals surface area contributed by atoms with Crippen LogP contribution in [0.4, 0.5) is 27.6 Å². The summed E-state index contributed by atoms with van der Waals surface area (Å²) in [5.41, 5.74) is 2.46. The number of nitrogens with one attached hydrogen (secondary N) is 1. The minimum atomic E-state index is -4.97. The van der Waals surface area contributed by atoms with Gasteiger partial charge in [0.05, 0.1) is 5.69 Å². The van der Waals surface area contributed by atoms with Crippen molar-refractivity contribution in [3.8, 4) is 0 Å². The van der Waals surface area contributed by atoms with Crippen molar-refractivity contribution in [2.75, 3.05) is 5.32 Å². The second-order valence-corrected chi connectivity index (χ2v) is 3.24. The number of alkyl halides is 3. The van der Waals surface area contributed by atoms with E-state index in [0.717, 1.165) is 0 Å². The average Bonchev–Trinajstić information content (AvgIpc) is 1.96. The molecule has 0 fully saturated rings. The van der Waals surface area contributed by atoms with E-state index in [1.54, 1.807) is 0 Å². The summed E-state index contributed by atoms with van der Waals surface area (Å²) in [6.45, 7) is 0. The van der Waals surface area contributed by atoms with Crippen LogP contribution in [0.25, 0.3) is 0 Å². The fourth-order valence-electron chi connectivity index (χ4n) is 1.09. The zero-order valence-electron chi connectivity index (χ0n) is 7.53. The molecule has 0 radical (unpaired) electrons. The minimum absolute atomic E-state index is 0.133. The molecule has 0 saturated carbocycles. The fourth-order valence-corrected chi connectivity index (χ4v) is 1.20. The highest BCUT2D eigenvalue weighted by atomic mass is 32.1. The molecule has 16 heavy (non-hydrogen) atoms. The van der Waals surface area contributed by atoms with Gasteiger partial charge in [0.2, 0.25) is 0 Å². The third kappa shape index (κ3) is 2.78. The van der Waals surface area contributed by atoms with E-state index in [-0.39, 0.29) is 6.07 Å². The third-order valence-corrected chi connectivity index (χ3v) is 1.70. The van der Waals surface area contributed by atoms with Gasteiger partial charge in [0.25, 0.3) is 0 Å². The molecule has 0 aromatic heterocycles. The zero-order chi connectivity index (χ0) is 12.5. The smallest absolute Gasteiger partial charge is 0.376 e. The van der Waals surface area contributed by atoms with E-state index in [1.165, 1.54) is 0 Å². The number of rotatable bonds is 1. The molecule has 1 rings (SSSR count). The molecule has 0 aliphatic heterocycles. The molecule has 0 atom stereocenters. The number of hydrogen-bond donors (Lipinski definition) is 2. The maximum atomic E-state index is 13.0. The molecule has 0 spiro atoms. The number of hydrogen-bond acceptors (Lipinski definition) is 1. The molecule has 0 aliphatic carbocycles. The van der Waals surface area contributed by atoms with Crippen LogP contribution >= 0.6 is 12.2 Å². The lowest BCUT2D eigenvalue weighted by Crippen LogP contribution is -2.22. The number of anilines is 1. The van der Waals surface area contributed by atoms with Gasteiger partial charge >= 0.3 is 6.18 Å². The van der Waals surface area contributed by atoms with Crippen LogP contribution in [0, 0.1) is 11.6 Å². The summed E-state index contributed by atoms with van der Waals surface area (Å²) in [4.78, 5) is 0. The van der Waals surface area contributed by atoms with E-state index >= 15 is 0 Å². The van der Waals surface area contributed by atoms with Gasteiger partial charge in [-0.2, -0.15) is 13.2 Å². The Labute approximate surface area is 92.2 Å². The number of thiocarbonyl (C=S) groups is 1. The first-order valence-electron chi connectivity index (χ1n) is 3.84. The van der Waals surface area contributed by atoms with Gasteiger partial charge in [0, 0.05) is 6.07 Å². The summed E-state index contributed by atoms with van der Waals surface area (Å²) < 4.78 is 62.9. The molecule has 0 saturated heterocycles. The Bertz CT molecular complexity index is 429. The van der Waals surface area contributed by atoms with Crippen molar-refractivity contribution >= 4 is 23.0 Å². The third-order valence-electron chi connectivity index (χ3n) is 1.60. The topological polar surface area (TPSA) is 38.0 Å². The summed E-state index contributed by atoms with van der Waals surface area (Å²) in [7, 11) is 0. The molecular weight excluding hydrogens is 251 g/mol. The first-order valence-corrected chi connectivity index (χ1v) is 4.25. The second-order valence-electron chi connectivity index (χ2n) is 2.80. The molecule has 8 heteroatoms. The molecule has 0 heterocycles. The van der Waals surface area contributed by atoms with Crippen molar-refractivity contribution in [3.63, 3.8) is 0 Å². The van der Waals surface area contributed by atoms with Crippen LogP contribution in [0.15, 0.2) is 12.1 Å². The SMILES string of the molecule is NC(=S)Nc1cc(F)cc(F)c1C(F)(F)F. The molecule has 0 unspecified atom stereocenters. The quantitative estimate of drug-likeness (QED) is 0.599. The highest BCUT2D eigenvalue weighted by molar-refractivity contribution is 7.80. The van der Waals surface area contributed by atoms with Gasteiger partial charge in [0.1, 0.15) is 17.2 Å². The monoisotopic (exact) mass is 256 g/mol. The van der Waals surface area contributed by atoms with Gasteiger partial charge in [-0.05, 0) is 18.3 Å². The molecule has 1 aromatic rings. The lowest BCUT2D eigenvalue weighted by Gasteiger charge is -2.14. The van der Waals surface area contributed by atoms with Crippen molar-refractivity contribution in [1.29, 1.82) is 0 Å². The minimum Gasteiger partial charge on any atom is -0.376 e. The van der Waals surface area contributed by atoms with Gasteiger partial charge < -0.3 is 11.1 Å². The lowest BCUT2D eigenvalue weighted by molar-refractivity contribution is -0.139. The summed E-state index contributed by atoms with van der Waals surface area (Å²) in [5.74, 6) is -2.89. The number of benzene rings is 1. The van der Waals surface area contributed by atoms with Crippen LogP contribution in [0.3, 0.4) is 0 Å². The molecule has 0 amide bonds. The van der Waals surface area contributed by atoms with E-state index in [4.69, 9.17) is 5.73 Å². The van der Waals surface area contributed by atoms with E-state index in [9.17, 15) is 22.0 Å². The van der Waals surface area contributed by atoms with Gasteiger partial charge in [-0.15, -0.1) is 0 Å². The van der Waals surface area contributed by atoms with Crippen molar-refractivity contribution < 1.29 is 22.0 Å². The predicted octanol–water partition coefficient (Wildman–Crippen LogP) is 2.64. The first kappa shape index (κ1) is 12.6. The molecule has 88 valence electrons. The molecule has 0 aliphatic rings. The molecule has 0 bridgehead atoms. The lowest BCUT2D eigenvalue weighted by atomic mass is 10.1. The molecule has 3 N–H and O–H groups in total. The second kappa shape index (κ2) is 4.20. The van der Waals surface area contributed by atoms with Crippen LogP contribution in [-0.2, 0) is 6.18 Å². The Hall–Kier alpha value is -1.44. The Morgan fingerprint density at radius 2 is 1.81 bits per heavy atom. The van der Waals surface area contributed by atoms with Crippen LogP contribution in [0.5, 0.6) is 0 Å². The van der Waals surface area contributed by atoms with Crippen molar-refractivity contribution in [2.45, 2.75) is 6.18 Å². The van der Waals surface area contributed by atoms with Crippen LogP contribution in [0.2, 0.25) is 0 Å². The van der Waals surface area contributed by atoms with E-state index in [1.807, 2.05) is 5.32 Å². The van der Waals surface area contributed by atoms with Gasteiger partial charge in [-0.3, -0.25) is 0 Å².